The summed E-state index contributed by atoms with van der Waals surface area (Å²) in [5.74, 6) is -0.185. The molecule has 1 atom stereocenters. The number of H-pyrrole nitrogens is 1. The Morgan fingerprint density at radius 1 is 1.43 bits per heavy atom. The molecule has 1 aliphatic heterocycles. The van der Waals surface area contributed by atoms with Gasteiger partial charge in [-0.05, 0) is 30.2 Å². The molecule has 14 heavy (non-hydrogen) atoms. The fourth-order valence-electron chi connectivity index (χ4n) is 1.82. The van der Waals surface area contributed by atoms with Crippen molar-refractivity contribution in [2.75, 3.05) is 6.54 Å². The molecule has 0 saturated carbocycles. The van der Waals surface area contributed by atoms with Gasteiger partial charge in [0.15, 0.2) is 0 Å². The number of halogens is 1. The maximum Gasteiger partial charge on any atom is 0.125 e. The van der Waals surface area contributed by atoms with Gasteiger partial charge in [0.25, 0.3) is 0 Å². The molecule has 0 spiro atoms. The van der Waals surface area contributed by atoms with Crippen LogP contribution in [0.3, 0.4) is 0 Å². The molecule has 1 aliphatic rings. The van der Waals surface area contributed by atoms with Gasteiger partial charge >= 0.3 is 0 Å². The first-order chi connectivity index (χ1) is 6.83. The molecule has 0 bridgehead atoms. The summed E-state index contributed by atoms with van der Waals surface area (Å²) in [6.07, 6.45) is 3.01. The number of fused-ring (bicyclic) bond motifs is 1. The lowest BCUT2D eigenvalue weighted by Gasteiger charge is -1.95. The minimum Gasteiger partial charge on any atom is -0.361 e. The summed E-state index contributed by atoms with van der Waals surface area (Å²) >= 11 is 0. The molecule has 1 fully saturated rings. The number of aromatic nitrogens is 1. The number of hydrogen-bond donors (Lipinski definition) is 2. The Morgan fingerprint density at radius 3 is 3.07 bits per heavy atom. The minimum absolute atomic E-state index is 0.185. The number of aromatic amines is 1. The van der Waals surface area contributed by atoms with Crippen molar-refractivity contribution in [2.24, 2.45) is 0 Å². The van der Waals surface area contributed by atoms with Crippen molar-refractivity contribution < 1.29 is 4.39 Å². The van der Waals surface area contributed by atoms with Crippen LogP contribution in [0.5, 0.6) is 0 Å². The third-order valence-corrected chi connectivity index (χ3v) is 2.69. The second kappa shape index (κ2) is 2.82. The summed E-state index contributed by atoms with van der Waals surface area (Å²) < 4.78 is 12.9. The van der Waals surface area contributed by atoms with Crippen LogP contribution >= 0.6 is 0 Å². The second-order valence-electron chi connectivity index (χ2n) is 3.81. The third-order valence-electron chi connectivity index (χ3n) is 2.69. The molecule has 0 radical (unpaired) electrons. The summed E-state index contributed by atoms with van der Waals surface area (Å²) in [7, 11) is 0. The molecule has 2 N–H and O–H groups in total. The summed E-state index contributed by atoms with van der Waals surface area (Å²) in [5, 5.41) is 4.40. The first-order valence-corrected chi connectivity index (χ1v) is 4.82. The zero-order valence-electron chi connectivity index (χ0n) is 7.68. The van der Waals surface area contributed by atoms with Gasteiger partial charge in [-0.3, -0.25) is 0 Å². The van der Waals surface area contributed by atoms with E-state index in [0.717, 1.165) is 23.9 Å². The Balaban J connectivity index is 2.06. The highest BCUT2D eigenvalue weighted by Crippen LogP contribution is 2.21. The standard InChI is InChI=1S/C11H11FN2/c12-8-1-2-10-7(3-9-6-13-9)5-14-11(10)4-8/h1-2,4-5,9,13-14H,3,6H2/t9-/m0/s1. The molecule has 0 amide bonds. The first kappa shape index (κ1) is 8.00. The van der Waals surface area contributed by atoms with Crippen LogP contribution < -0.4 is 5.32 Å². The van der Waals surface area contributed by atoms with E-state index >= 15 is 0 Å². The van der Waals surface area contributed by atoms with E-state index in [1.807, 2.05) is 12.3 Å². The lowest BCUT2D eigenvalue weighted by atomic mass is 10.1. The highest BCUT2D eigenvalue weighted by atomic mass is 19.1. The van der Waals surface area contributed by atoms with Crippen LogP contribution in [0.4, 0.5) is 4.39 Å². The monoisotopic (exact) mass is 190 g/mol. The Bertz CT molecular complexity index is 471. The Morgan fingerprint density at radius 2 is 2.29 bits per heavy atom. The van der Waals surface area contributed by atoms with E-state index in [9.17, 15) is 4.39 Å². The van der Waals surface area contributed by atoms with Crippen LogP contribution in [0.2, 0.25) is 0 Å². The van der Waals surface area contributed by atoms with E-state index in [0.29, 0.717) is 6.04 Å². The normalized spacial score (nSPS) is 20.2. The van der Waals surface area contributed by atoms with Crippen LogP contribution in [0, 0.1) is 5.82 Å². The lowest BCUT2D eigenvalue weighted by Crippen LogP contribution is -1.95. The summed E-state index contributed by atoms with van der Waals surface area (Å²) in [6.45, 7) is 1.11. The van der Waals surface area contributed by atoms with E-state index in [2.05, 4.69) is 10.3 Å². The summed E-state index contributed by atoms with van der Waals surface area (Å²) in [5.41, 5.74) is 2.16. The smallest absolute Gasteiger partial charge is 0.125 e. The Labute approximate surface area is 81.1 Å². The molecule has 0 aliphatic carbocycles. The largest absolute Gasteiger partial charge is 0.361 e. The van der Waals surface area contributed by atoms with E-state index < -0.39 is 0 Å². The molecule has 3 heteroatoms. The van der Waals surface area contributed by atoms with E-state index in [1.165, 1.54) is 11.6 Å². The van der Waals surface area contributed by atoms with Crippen molar-refractivity contribution in [3.63, 3.8) is 0 Å². The lowest BCUT2D eigenvalue weighted by molar-refractivity contribution is 0.629. The number of benzene rings is 1. The van der Waals surface area contributed by atoms with E-state index in [1.54, 1.807) is 6.07 Å². The van der Waals surface area contributed by atoms with Crippen LogP contribution in [0.1, 0.15) is 5.56 Å². The van der Waals surface area contributed by atoms with Crippen LogP contribution in [0.15, 0.2) is 24.4 Å². The number of rotatable bonds is 2. The molecule has 1 saturated heterocycles. The van der Waals surface area contributed by atoms with Gasteiger partial charge in [0.05, 0.1) is 0 Å². The molecule has 1 aromatic heterocycles. The van der Waals surface area contributed by atoms with Crippen molar-refractivity contribution in [3.05, 3.63) is 35.8 Å². The average Bonchev–Trinajstić information content (AvgIpc) is 2.89. The second-order valence-corrected chi connectivity index (χ2v) is 3.81. The van der Waals surface area contributed by atoms with Gasteiger partial charge in [0.2, 0.25) is 0 Å². The highest BCUT2D eigenvalue weighted by Gasteiger charge is 2.21. The molecule has 0 unspecified atom stereocenters. The predicted octanol–water partition coefficient (Wildman–Crippen LogP) is 1.82. The number of hydrogen-bond acceptors (Lipinski definition) is 1. The SMILES string of the molecule is Fc1ccc2c(C[C@H]3CN3)c[nH]c2c1. The fourth-order valence-corrected chi connectivity index (χ4v) is 1.82. The van der Waals surface area contributed by atoms with Gasteiger partial charge in [0.1, 0.15) is 5.82 Å². The molecule has 1 aromatic carbocycles. The van der Waals surface area contributed by atoms with Crippen molar-refractivity contribution in [2.45, 2.75) is 12.5 Å². The molecular formula is C11H11FN2. The van der Waals surface area contributed by atoms with Crippen LogP contribution in [-0.4, -0.2) is 17.6 Å². The maximum atomic E-state index is 12.9. The molecule has 2 aromatic rings. The van der Waals surface area contributed by atoms with Crippen molar-refractivity contribution in [3.8, 4) is 0 Å². The van der Waals surface area contributed by atoms with Crippen molar-refractivity contribution in [1.29, 1.82) is 0 Å². The topological polar surface area (TPSA) is 37.7 Å². The zero-order chi connectivity index (χ0) is 9.54. The van der Waals surface area contributed by atoms with E-state index in [4.69, 9.17) is 0 Å². The third kappa shape index (κ3) is 1.30. The predicted molar refractivity (Wildman–Crippen MR) is 53.8 cm³/mol. The van der Waals surface area contributed by atoms with Crippen molar-refractivity contribution >= 4 is 10.9 Å². The highest BCUT2D eigenvalue weighted by molar-refractivity contribution is 5.83. The summed E-state index contributed by atoms with van der Waals surface area (Å²) in [4.78, 5) is 3.09. The van der Waals surface area contributed by atoms with E-state index in [-0.39, 0.29) is 5.82 Å². The van der Waals surface area contributed by atoms with Gasteiger partial charge in [-0.1, -0.05) is 0 Å². The molecular weight excluding hydrogens is 179 g/mol. The fraction of sp³-hybridized carbons (Fsp3) is 0.273. The summed E-state index contributed by atoms with van der Waals surface area (Å²) in [6, 6.07) is 5.52. The van der Waals surface area contributed by atoms with Gasteiger partial charge < -0.3 is 10.3 Å². The Kier molecular flexibility index (Phi) is 1.61. The van der Waals surface area contributed by atoms with Gasteiger partial charge in [-0.15, -0.1) is 0 Å². The number of nitrogens with one attached hydrogen (secondary N) is 2. The zero-order valence-corrected chi connectivity index (χ0v) is 7.68. The van der Waals surface area contributed by atoms with Crippen LogP contribution in [0.25, 0.3) is 10.9 Å². The molecule has 72 valence electrons. The maximum absolute atomic E-state index is 12.9. The quantitative estimate of drug-likeness (QED) is 0.696. The van der Waals surface area contributed by atoms with Crippen molar-refractivity contribution in [1.82, 2.24) is 10.3 Å². The van der Waals surface area contributed by atoms with Gasteiger partial charge in [0, 0.05) is 29.7 Å². The average molecular weight is 190 g/mol. The molecule has 2 heterocycles. The van der Waals surface area contributed by atoms with Crippen LogP contribution in [-0.2, 0) is 6.42 Å². The first-order valence-electron chi connectivity index (χ1n) is 4.82. The minimum atomic E-state index is -0.185. The van der Waals surface area contributed by atoms with Gasteiger partial charge in [-0.2, -0.15) is 0 Å². The molecule has 3 rings (SSSR count). The van der Waals surface area contributed by atoms with Gasteiger partial charge in [-0.25, -0.2) is 4.39 Å². The Hall–Kier alpha value is -1.35. The molecule has 2 nitrogen and oxygen atoms in total.